The highest BCUT2D eigenvalue weighted by Crippen LogP contribution is 2.14. The average molecular weight is 326 g/mol. The lowest BCUT2D eigenvalue weighted by atomic mass is 10.1. The predicted octanol–water partition coefficient (Wildman–Crippen LogP) is 1.07. The lowest BCUT2D eigenvalue weighted by molar-refractivity contribution is -0.123. The molecule has 1 aliphatic rings. The highest BCUT2D eigenvalue weighted by Gasteiger charge is 2.32. The van der Waals surface area contributed by atoms with Crippen LogP contribution in [0.4, 0.5) is 4.39 Å². The van der Waals surface area contributed by atoms with Crippen molar-refractivity contribution < 1.29 is 17.6 Å². The second-order valence-corrected chi connectivity index (χ2v) is 7.16. The van der Waals surface area contributed by atoms with Gasteiger partial charge in [0.05, 0.1) is 6.26 Å². The van der Waals surface area contributed by atoms with E-state index in [1.807, 2.05) is 0 Å². The zero-order chi connectivity index (χ0) is 16.2. The molecule has 0 aromatic heterocycles. The molecule has 0 aliphatic carbocycles. The Hall–Kier alpha value is -1.73. The van der Waals surface area contributed by atoms with Gasteiger partial charge in [-0.3, -0.25) is 4.79 Å². The van der Waals surface area contributed by atoms with Crippen molar-refractivity contribution in [3.05, 3.63) is 47.8 Å². The number of carbonyl (C=O) groups excluding carboxylic acids is 1. The minimum atomic E-state index is -3.40. The highest BCUT2D eigenvalue weighted by molar-refractivity contribution is 7.88. The van der Waals surface area contributed by atoms with Crippen LogP contribution in [-0.4, -0.2) is 44.0 Å². The van der Waals surface area contributed by atoms with Crippen molar-refractivity contribution >= 4 is 15.9 Å². The van der Waals surface area contributed by atoms with E-state index in [9.17, 15) is 17.6 Å². The number of carbonyl (C=O) groups is 1. The van der Waals surface area contributed by atoms with E-state index in [1.165, 1.54) is 12.1 Å². The van der Waals surface area contributed by atoms with Crippen LogP contribution in [-0.2, 0) is 21.2 Å². The molecular weight excluding hydrogens is 307 g/mol. The Kier molecular flexibility index (Phi) is 5.31. The zero-order valence-corrected chi connectivity index (χ0v) is 13.1. The minimum Gasteiger partial charge on any atom is -0.354 e. The summed E-state index contributed by atoms with van der Waals surface area (Å²) in [6, 6.07) is 5.47. The molecule has 0 radical (unpaired) electrons. The molecule has 1 aromatic carbocycles. The Bertz CT molecular complexity index is 656. The van der Waals surface area contributed by atoms with Crippen molar-refractivity contribution in [1.82, 2.24) is 9.62 Å². The minimum absolute atomic E-state index is 0.229. The number of nitrogens with zero attached hydrogens (tertiary/aromatic N) is 1. The lowest BCUT2D eigenvalue weighted by Gasteiger charge is -2.21. The number of benzene rings is 1. The van der Waals surface area contributed by atoms with Gasteiger partial charge < -0.3 is 5.32 Å². The molecule has 0 fully saturated rings. The summed E-state index contributed by atoms with van der Waals surface area (Å²) < 4.78 is 37.1. The summed E-state index contributed by atoms with van der Waals surface area (Å²) in [4.78, 5) is 12.0. The molecular formula is C15H19FN2O3S. The van der Waals surface area contributed by atoms with Crippen LogP contribution in [0.3, 0.4) is 0 Å². The maximum absolute atomic E-state index is 12.8. The van der Waals surface area contributed by atoms with Crippen molar-refractivity contribution in [1.29, 1.82) is 0 Å². The fourth-order valence-corrected chi connectivity index (χ4v) is 3.26. The number of aryl methyl sites for hydroxylation is 1. The third-order valence-electron chi connectivity index (χ3n) is 3.46. The van der Waals surface area contributed by atoms with E-state index >= 15 is 0 Å². The first-order valence-corrected chi connectivity index (χ1v) is 8.88. The van der Waals surface area contributed by atoms with Crippen molar-refractivity contribution in [2.24, 2.45) is 0 Å². The molecule has 0 bridgehead atoms. The normalized spacial score (nSPS) is 18.5. The van der Waals surface area contributed by atoms with Crippen LogP contribution < -0.4 is 5.32 Å². The van der Waals surface area contributed by atoms with E-state index in [4.69, 9.17) is 0 Å². The molecule has 0 spiro atoms. The molecule has 2 rings (SSSR count). The van der Waals surface area contributed by atoms with Crippen LogP contribution in [0, 0.1) is 5.82 Å². The molecule has 120 valence electrons. The van der Waals surface area contributed by atoms with Crippen LogP contribution in [0.5, 0.6) is 0 Å². The highest BCUT2D eigenvalue weighted by atomic mass is 32.2. The van der Waals surface area contributed by atoms with Gasteiger partial charge in [-0.05, 0) is 30.5 Å². The van der Waals surface area contributed by atoms with Crippen molar-refractivity contribution in [2.45, 2.75) is 18.9 Å². The van der Waals surface area contributed by atoms with Gasteiger partial charge in [-0.15, -0.1) is 0 Å². The summed E-state index contributed by atoms with van der Waals surface area (Å²) >= 11 is 0. The second kappa shape index (κ2) is 7.02. The van der Waals surface area contributed by atoms with Gasteiger partial charge in [0.2, 0.25) is 15.9 Å². The third-order valence-corrected chi connectivity index (χ3v) is 4.69. The monoisotopic (exact) mass is 326 g/mol. The van der Waals surface area contributed by atoms with Crippen LogP contribution in [0.1, 0.15) is 12.0 Å². The van der Waals surface area contributed by atoms with Gasteiger partial charge in [0.25, 0.3) is 0 Å². The molecule has 1 atom stereocenters. The maximum Gasteiger partial charge on any atom is 0.242 e. The van der Waals surface area contributed by atoms with Gasteiger partial charge in [-0.2, -0.15) is 4.31 Å². The largest absolute Gasteiger partial charge is 0.354 e. The summed E-state index contributed by atoms with van der Waals surface area (Å²) in [6.07, 6.45) is 5.78. The summed E-state index contributed by atoms with van der Waals surface area (Å²) in [7, 11) is -3.40. The van der Waals surface area contributed by atoms with Gasteiger partial charge in [-0.25, -0.2) is 12.8 Å². The molecule has 1 aliphatic heterocycles. The first-order valence-electron chi connectivity index (χ1n) is 7.03. The molecule has 1 amide bonds. The van der Waals surface area contributed by atoms with Crippen LogP contribution in [0.2, 0.25) is 0 Å². The summed E-state index contributed by atoms with van der Waals surface area (Å²) in [5.41, 5.74) is 0.995. The van der Waals surface area contributed by atoms with E-state index in [2.05, 4.69) is 5.32 Å². The van der Waals surface area contributed by atoms with Crippen LogP contribution in [0.25, 0.3) is 0 Å². The molecule has 1 N–H and O–H groups in total. The molecule has 1 heterocycles. The molecule has 0 saturated carbocycles. The Balaban J connectivity index is 1.78. The fourth-order valence-electron chi connectivity index (χ4n) is 2.32. The van der Waals surface area contributed by atoms with E-state index < -0.39 is 16.1 Å². The first kappa shape index (κ1) is 16.6. The van der Waals surface area contributed by atoms with Crippen molar-refractivity contribution in [3.8, 4) is 0 Å². The number of hydrogen-bond donors (Lipinski definition) is 1. The number of rotatable bonds is 6. The zero-order valence-electron chi connectivity index (χ0n) is 12.3. The standard InChI is InChI=1S/C15H19FN2O3S/c1-22(20,21)18-11-3-5-14(18)15(19)17-10-2-4-12-6-8-13(16)9-7-12/h3,5-9,14H,2,4,10-11H2,1H3,(H,17,19)/t14-/m1/s1. The van der Waals surface area contributed by atoms with Gasteiger partial charge in [-0.1, -0.05) is 24.3 Å². The molecule has 0 unspecified atom stereocenters. The lowest BCUT2D eigenvalue weighted by Crippen LogP contribution is -2.46. The van der Waals surface area contributed by atoms with E-state index in [0.29, 0.717) is 13.0 Å². The Morgan fingerprint density at radius 3 is 2.68 bits per heavy atom. The van der Waals surface area contributed by atoms with Crippen LogP contribution in [0.15, 0.2) is 36.4 Å². The maximum atomic E-state index is 12.8. The predicted molar refractivity (Wildman–Crippen MR) is 82.2 cm³/mol. The number of halogens is 1. The fraction of sp³-hybridized carbons (Fsp3) is 0.400. The number of hydrogen-bond acceptors (Lipinski definition) is 3. The van der Waals surface area contributed by atoms with E-state index in [-0.39, 0.29) is 18.3 Å². The van der Waals surface area contributed by atoms with E-state index in [1.54, 1.807) is 24.3 Å². The average Bonchev–Trinajstić information content (AvgIpc) is 2.95. The van der Waals surface area contributed by atoms with Crippen LogP contribution >= 0.6 is 0 Å². The molecule has 5 nitrogen and oxygen atoms in total. The van der Waals surface area contributed by atoms with E-state index in [0.717, 1.165) is 22.5 Å². The number of nitrogens with one attached hydrogen (secondary N) is 1. The van der Waals surface area contributed by atoms with Gasteiger partial charge in [0.1, 0.15) is 11.9 Å². The van der Waals surface area contributed by atoms with Gasteiger partial charge in [0.15, 0.2) is 0 Å². The number of sulfonamides is 1. The molecule has 0 saturated heterocycles. The Morgan fingerprint density at radius 1 is 1.36 bits per heavy atom. The van der Waals surface area contributed by atoms with Crippen molar-refractivity contribution in [3.63, 3.8) is 0 Å². The molecule has 7 heteroatoms. The second-order valence-electron chi connectivity index (χ2n) is 5.23. The third kappa shape index (κ3) is 4.38. The summed E-state index contributed by atoms with van der Waals surface area (Å²) in [5.74, 6) is -0.593. The smallest absolute Gasteiger partial charge is 0.242 e. The van der Waals surface area contributed by atoms with Gasteiger partial charge >= 0.3 is 0 Å². The number of amides is 1. The van der Waals surface area contributed by atoms with Crippen molar-refractivity contribution in [2.75, 3.05) is 19.3 Å². The Morgan fingerprint density at radius 2 is 2.05 bits per heavy atom. The quantitative estimate of drug-likeness (QED) is 0.628. The topological polar surface area (TPSA) is 66.5 Å². The summed E-state index contributed by atoms with van der Waals surface area (Å²) in [6.45, 7) is 0.671. The molecule has 1 aromatic rings. The van der Waals surface area contributed by atoms with Gasteiger partial charge in [0, 0.05) is 13.1 Å². The first-order chi connectivity index (χ1) is 10.4. The summed E-state index contributed by atoms with van der Waals surface area (Å²) in [5, 5.41) is 2.74. The Labute approximate surface area is 129 Å². The molecule has 22 heavy (non-hydrogen) atoms. The SMILES string of the molecule is CS(=O)(=O)N1CC=C[C@@H]1C(=O)NCCCc1ccc(F)cc1.